The summed E-state index contributed by atoms with van der Waals surface area (Å²) in [6.07, 6.45) is 14.6. The maximum absolute atomic E-state index is 12.3. The lowest BCUT2D eigenvalue weighted by Gasteiger charge is -2.34. The van der Waals surface area contributed by atoms with Gasteiger partial charge in [-0.1, -0.05) is 58.3 Å². The summed E-state index contributed by atoms with van der Waals surface area (Å²) in [5, 5.41) is 7.14. The van der Waals surface area contributed by atoms with E-state index in [1.807, 2.05) is 6.92 Å². The number of hydrogen-bond donors (Lipinski definition) is 1. The van der Waals surface area contributed by atoms with Crippen LogP contribution in [0.1, 0.15) is 84.5 Å². The Kier molecular flexibility index (Phi) is 12.4. The Morgan fingerprint density at radius 3 is 2.00 bits per heavy atom. The highest BCUT2D eigenvalue weighted by Crippen LogP contribution is 2.14. The van der Waals surface area contributed by atoms with Crippen LogP contribution in [-0.2, 0) is 4.79 Å². The van der Waals surface area contributed by atoms with Crippen molar-refractivity contribution in [1.29, 1.82) is 5.41 Å². The molecule has 1 atom stereocenters. The average Bonchev–Trinajstić information content (AvgIpc) is 2.50. The summed E-state index contributed by atoms with van der Waals surface area (Å²) in [4.78, 5) is 12.3. The SMILES string of the molecule is CCCCCCCCCCCC(=O)C(C)[N+](C)(C)CCC=N. The summed E-state index contributed by atoms with van der Waals surface area (Å²) in [5.41, 5.74) is 0. The molecule has 0 spiro atoms. The van der Waals surface area contributed by atoms with E-state index in [-0.39, 0.29) is 6.04 Å². The van der Waals surface area contributed by atoms with Crippen LogP contribution in [0.3, 0.4) is 0 Å². The number of carbonyl (C=O) groups is 1. The molecule has 130 valence electrons. The van der Waals surface area contributed by atoms with Crippen molar-refractivity contribution in [2.75, 3.05) is 20.6 Å². The van der Waals surface area contributed by atoms with Gasteiger partial charge in [0.1, 0.15) is 6.04 Å². The molecule has 0 heterocycles. The predicted molar refractivity (Wildman–Crippen MR) is 96.7 cm³/mol. The largest absolute Gasteiger partial charge is 0.320 e. The van der Waals surface area contributed by atoms with E-state index in [2.05, 4.69) is 21.0 Å². The maximum atomic E-state index is 12.3. The lowest BCUT2D eigenvalue weighted by molar-refractivity contribution is -0.903. The van der Waals surface area contributed by atoms with E-state index in [1.165, 1.54) is 57.6 Å². The number of hydrogen-bond acceptors (Lipinski definition) is 2. The van der Waals surface area contributed by atoms with Crippen molar-refractivity contribution in [2.24, 2.45) is 0 Å². The van der Waals surface area contributed by atoms with Gasteiger partial charge in [0.25, 0.3) is 0 Å². The molecule has 0 bridgehead atoms. The highest BCUT2D eigenvalue weighted by Gasteiger charge is 2.29. The van der Waals surface area contributed by atoms with Gasteiger partial charge >= 0.3 is 0 Å². The highest BCUT2D eigenvalue weighted by atomic mass is 16.1. The summed E-state index contributed by atoms with van der Waals surface area (Å²) in [6.45, 7) is 5.16. The van der Waals surface area contributed by atoms with Crippen molar-refractivity contribution in [3.05, 3.63) is 0 Å². The number of nitrogens with one attached hydrogen (secondary N) is 1. The fourth-order valence-electron chi connectivity index (χ4n) is 2.80. The van der Waals surface area contributed by atoms with Gasteiger partial charge in [0.2, 0.25) is 0 Å². The quantitative estimate of drug-likeness (QED) is 0.258. The van der Waals surface area contributed by atoms with Crippen LogP contribution in [-0.4, -0.2) is 43.2 Å². The maximum Gasteiger partial charge on any atom is 0.189 e. The number of likely N-dealkylation sites (N-methyl/N-ethyl adjacent to an activating group) is 1. The predicted octanol–water partition coefficient (Wildman–Crippen LogP) is 4.98. The van der Waals surface area contributed by atoms with Gasteiger partial charge in [0.15, 0.2) is 5.78 Å². The molecule has 0 aliphatic rings. The standard InChI is InChI=1S/C19H39N2O/c1-5-6-7-8-9-10-11-12-13-15-19(22)18(2)21(3,4)17-14-16-20/h16,18,20H,5-15,17H2,1-4H3/q+1. The van der Waals surface area contributed by atoms with Crippen molar-refractivity contribution in [3.63, 3.8) is 0 Å². The molecule has 0 rings (SSSR count). The molecule has 0 aromatic heterocycles. The van der Waals surface area contributed by atoms with Crippen LogP contribution in [0.2, 0.25) is 0 Å². The van der Waals surface area contributed by atoms with Crippen LogP contribution in [0.4, 0.5) is 0 Å². The Morgan fingerprint density at radius 1 is 1.00 bits per heavy atom. The van der Waals surface area contributed by atoms with Crippen molar-refractivity contribution in [3.8, 4) is 0 Å². The van der Waals surface area contributed by atoms with E-state index in [0.29, 0.717) is 10.3 Å². The summed E-state index contributed by atoms with van der Waals surface area (Å²) in [6, 6.07) is 0.0500. The molecule has 0 aromatic carbocycles. The first-order chi connectivity index (χ1) is 10.5. The molecule has 0 saturated heterocycles. The molecule has 0 radical (unpaired) electrons. The second-order valence-electron chi connectivity index (χ2n) is 7.22. The van der Waals surface area contributed by atoms with Gasteiger partial charge in [-0.15, -0.1) is 0 Å². The van der Waals surface area contributed by atoms with Crippen LogP contribution in [0.15, 0.2) is 0 Å². The van der Waals surface area contributed by atoms with E-state index in [4.69, 9.17) is 5.41 Å². The van der Waals surface area contributed by atoms with Crippen molar-refractivity contribution >= 4 is 12.0 Å². The van der Waals surface area contributed by atoms with E-state index < -0.39 is 0 Å². The Hall–Kier alpha value is -0.700. The fraction of sp³-hybridized carbons (Fsp3) is 0.895. The van der Waals surface area contributed by atoms with E-state index in [9.17, 15) is 4.79 Å². The van der Waals surface area contributed by atoms with Gasteiger partial charge < -0.3 is 9.89 Å². The molecule has 0 fully saturated rings. The highest BCUT2D eigenvalue weighted by molar-refractivity contribution is 5.82. The summed E-state index contributed by atoms with van der Waals surface area (Å²) >= 11 is 0. The molecule has 0 aliphatic heterocycles. The first kappa shape index (κ1) is 21.3. The van der Waals surface area contributed by atoms with Crippen molar-refractivity contribution in [1.82, 2.24) is 0 Å². The molecule has 22 heavy (non-hydrogen) atoms. The number of nitrogens with zero attached hydrogens (tertiary/aromatic N) is 1. The zero-order valence-corrected chi connectivity index (χ0v) is 15.5. The number of quaternary nitrogens is 1. The smallest absolute Gasteiger partial charge is 0.189 e. The van der Waals surface area contributed by atoms with Gasteiger partial charge in [-0.25, -0.2) is 0 Å². The van der Waals surface area contributed by atoms with Gasteiger partial charge in [-0.3, -0.25) is 4.79 Å². The van der Waals surface area contributed by atoms with E-state index >= 15 is 0 Å². The number of carbonyl (C=O) groups excluding carboxylic acids is 1. The lowest BCUT2D eigenvalue weighted by Crippen LogP contribution is -2.51. The minimum Gasteiger partial charge on any atom is -0.320 e. The Morgan fingerprint density at radius 2 is 1.50 bits per heavy atom. The minimum absolute atomic E-state index is 0.0500. The van der Waals surface area contributed by atoms with Gasteiger partial charge in [0.05, 0.1) is 20.6 Å². The number of rotatable bonds is 15. The molecule has 0 saturated carbocycles. The molecule has 0 amide bonds. The molecule has 3 heteroatoms. The normalized spacial score (nSPS) is 13.1. The number of Topliss-reactive ketones (excluding diaryl/α,β-unsaturated/α-hetero) is 1. The summed E-state index contributed by atoms with van der Waals surface area (Å²) < 4.78 is 0.700. The van der Waals surface area contributed by atoms with Crippen LogP contribution in [0, 0.1) is 5.41 Å². The average molecular weight is 312 g/mol. The second kappa shape index (κ2) is 12.8. The van der Waals surface area contributed by atoms with Crippen LogP contribution in [0.5, 0.6) is 0 Å². The second-order valence-corrected chi connectivity index (χ2v) is 7.22. The van der Waals surface area contributed by atoms with Crippen LogP contribution >= 0.6 is 0 Å². The summed E-state index contributed by atoms with van der Waals surface area (Å²) in [5.74, 6) is 0.387. The van der Waals surface area contributed by atoms with Crippen LogP contribution in [0.25, 0.3) is 0 Å². The summed E-state index contributed by atoms with van der Waals surface area (Å²) in [7, 11) is 4.20. The third-order valence-electron chi connectivity index (χ3n) is 4.89. The van der Waals surface area contributed by atoms with E-state index in [1.54, 1.807) is 0 Å². The number of unbranched alkanes of at least 4 members (excludes halogenated alkanes) is 8. The Bertz CT molecular complexity index is 300. The lowest BCUT2D eigenvalue weighted by atomic mass is 10.0. The zero-order valence-electron chi connectivity index (χ0n) is 15.5. The van der Waals surface area contributed by atoms with Crippen LogP contribution < -0.4 is 0 Å². The first-order valence-electron chi connectivity index (χ1n) is 9.30. The number of ketones is 1. The molecular weight excluding hydrogens is 272 g/mol. The van der Waals surface area contributed by atoms with Gasteiger partial charge in [0, 0.05) is 19.1 Å². The van der Waals surface area contributed by atoms with Crippen molar-refractivity contribution < 1.29 is 9.28 Å². The third-order valence-corrected chi connectivity index (χ3v) is 4.89. The fourth-order valence-corrected chi connectivity index (χ4v) is 2.80. The monoisotopic (exact) mass is 311 g/mol. The molecule has 1 N–H and O–H groups in total. The third kappa shape index (κ3) is 10.1. The molecule has 1 unspecified atom stereocenters. The van der Waals surface area contributed by atoms with E-state index in [0.717, 1.165) is 25.8 Å². The minimum atomic E-state index is 0.0500. The molecule has 3 nitrogen and oxygen atoms in total. The molecule has 0 aliphatic carbocycles. The van der Waals surface area contributed by atoms with Gasteiger partial charge in [-0.2, -0.15) is 0 Å². The topological polar surface area (TPSA) is 40.9 Å². The van der Waals surface area contributed by atoms with Gasteiger partial charge in [-0.05, 0) is 13.3 Å². The van der Waals surface area contributed by atoms with Crippen molar-refractivity contribution in [2.45, 2.75) is 90.5 Å². The molecular formula is C19H39N2O+. The molecule has 0 aromatic rings. The Labute approximate surface area is 138 Å². The zero-order chi connectivity index (χ0) is 16.8. The first-order valence-corrected chi connectivity index (χ1v) is 9.30. The Balaban J connectivity index is 3.69.